The SMILES string of the molecule is CC/C=C\C/C=C\C/C=C\C/C=C\C/C=C\C/C=C\CCCCCCCCCCCCCCCCCCC(=O)OCC(O)COP(=O)(O)OCC(O)COP(=O)(O)OCC(COC(=O)CCCCCCCC/C=C\C/C=C\C/C=C\C/C=C\C/C=C\C/C=C\CC)OC(=O)CCCCCCCCCCCCCCCCC. The largest absolute Gasteiger partial charge is 0.472 e. The lowest BCUT2D eigenvalue weighted by Gasteiger charge is -2.21. The first kappa shape index (κ1) is 106. The Labute approximate surface area is 677 Å². The minimum atomic E-state index is -4.94. The molecule has 0 radical (unpaired) electrons. The maximum Gasteiger partial charge on any atom is 0.472 e. The fourth-order valence-corrected chi connectivity index (χ4v) is 13.5. The van der Waals surface area contributed by atoms with Gasteiger partial charge >= 0.3 is 33.6 Å². The molecule has 0 aromatic heterocycles. The summed E-state index contributed by atoms with van der Waals surface area (Å²) in [6, 6.07) is 0. The molecule has 0 bridgehead atoms. The van der Waals surface area contributed by atoms with E-state index in [9.17, 15) is 43.5 Å². The molecule has 0 spiro atoms. The number of rotatable bonds is 83. The van der Waals surface area contributed by atoms with E-state index in [1.54, 1.807) is 0 Å². The predicted molar refractivity (Wildman–Crippen MR) is 463 cm³/mol. The third kappa shape index (κ3) is 86.1. The van der Waals surface area contributed by atoms with E-state index in [0.29, 0.717) is 19.3 Å². The first-order valence-electron chi connectivity index (χ1n) is 44.1. The Morgan fingerprint density at radius 1 is 0.261 bits per heavy atom. The maximum absolute atomic E-state index is 13.0. The van der Waals surface area contributed by atoms with Crippen LogP contribution in [0.2, 0.25) is 0 Å². The lowest BCUT2D eigenvalue weighted by atomic mass is 10.0. The monoisotopic (exact) mass is 1600 g/mol. The smallest absolute Gasteiger partial charge is 0.463 e. The van der Waals surface area contributed by atoms with E-state index in [-0.39, 0.29) is 19.3 Å². The number of hydrogen-bond donors (Lipinski definition) is 4. The summed E-state index contributed by atoms with van der Waals surface area (Å²) >= 11 is 0. The predicted octanol–water partition coefficient (Wildman–Crippen LogP) is 26.8. The molecule has 0 saturated heterocycles. The summed E-state index contributed by atoms with van der Waals surface area (Å²) in [6.07, 6.45) is 106. The van der Waals surface area contributed by atoms with Crippen LogP contribution in [0, 0.1) is 0 Å². The van der Waals surface area contributed by atoms with Crippen molar-refractivity contribution < 1.29 is 75.8 Å². The number of esters is 3. The number of carbonyl (C=O) groups is 3. The van der Waals surface area contributed by atoms with Gasteiger partial charge in [-0.3, -0.25) is 32.5 Å². The standard InChI is InChI=1S/C93H160O16P2/c1-4-7-10-13-16-19-22-25-28-30-32-34-36-38-39-40-41-42-43-44-45-46-47-49-51-52-54-56-59-61-64-67-70-73-76-79-91(96)103-82-88(94)83-105-110(99,100)106-84-89(95)85-107-111(101,102)108-87-90(109-93(98)81-78-75-72-69-66-63-58-27-24-21-18-15-12-9-6-3)86-104-92(97)80-77-74-71-68-65-62-60-57-55-53-50-48-37-35-33-31-29-26-23-20-17-14-11-8-5-2/h7-8,10-11,16-17,19-20,25-26,28-29,32-35,38-39,41-42,48,50,55,57,88-90,94-95H,4-6,9,12-15,18,21-24,27,30-31,36-37,40,43-47,49,51-54,56,58-87H2,1-3H3,(H,99,100)(H,101,102)/b10-7-,11-8-,19-16-,20-17-,28-25-,29-26-,34-32-,35-33-,39-38-,42-41-,50-48-,57-55-. The number of unbranched alkanes of at least 4 members (excludes halogenated alkanes) is 36. The highest BCUT2D eigenvalue weighted by atomic mass is 31.2. The Kier molecular flexibility index (Phi) is 81.3. The summed E-state index contributed by atoms with van der Waals surface area (Å²) in [7, 11) is -9.80. The molecule has 16 nitrogen and oxygen atoms in total. The van der Waals surface area contributed by atoms with Gasteiger partial charge in [-0.1, -0.05) is 372 Å². The van der Waals surface area contributed by atoms with Crippen LogP contribution in [0.4, 0.5) is 0 Å². The van der Waals surface area contributed by atoms with Crippen LogP contribution in [0.25, 0.3) is 0 Å². The lowest BCUT2D eigenvalue weighted by Crippen LogP contribution is -2.30. The Balaban J connectivity index is 4.45. The van der Waals surface area contributed by atoms with Crippen LogP contribution in [0.5, 0.6) is 0 Å². The summed E-state index contributed by atoms with van der Waals surface area (Å²) in [4.78, 5) is 58.8. The molecule has 0 aliphatic rings. The summed E-state index contributed by atoms with van der Waals surface area (Å²) in [5, 5.41) is 20.7. The van der Waals surface area contributed by atoms with Gasteiger partial charge in [-0.25, -0.2) is 9.13 Å². The van der Waals surface area contributed by atoms with Crippen molar-refractivity contribution in [1.82, 2.24) is 0 Å². The van der Waals surface area contributed by atoms with Crippen LogP contribution in [0.3, 0.4) is 0 Å². The fraction of sp³-hybridized carbons (Fsp3) is 0.710. The average molecular weight is 1600 g/mol. The molecule has 0 fully saturated rings. The van der Waals surface area contributed by atoms with Gasteiger partial charge in [0.15, 0.2) is 6.10 Å². The van der Waals surface area contributed by atoms with Gasteiger partial charge < -0.3 is 34.2 Å². The molecule has 4 N–H and O–H groups in total. The first-order chi connectivity index (χ1) is 54.2. The Morgan fingerprint density at radius 2 is 0.477 bits per heavy atom. The number of hydrogen-bond acceptors (Lipinski definition) is 14. The molecule has 0 saturated carbocycles. The zero-order chi connectivity index (χ0) is 80.8. The van der Waals surface area contributed by atoms with Crippen molar-refractivity contribution in [1.29, 1.82) is 0 Å². The van der Waals surface area contributed by atoms with E-state index in [2.05, 4.69) is 167 Å². The first-order valence-corrected chi connectivity index (χ1v) is 47.1. The lowest BCUT2D eigenvalue weighted by molar-refractivity contribution is -0.161. The summed E-state index contributed by atoms with van der Waals surface area (Å²) in [5.41, 5.74) is 0. The summed E-state index contributed by atoms with van der Waals surface area (Å²) in [6.45, 7) is 2.48. The second-order valence-corrected chi connectivity index (χ2v) is 32.2. The normalized spacial score (nSPS) is 14.5. The molecule has 0 aromatic rings. The van der Waals surface area contributed by atoms with E-state index in [1.807, 2.05) is 0 Å². The second kappa shape index (κ2) is 84.8. The minimum Gasteiger partial charge on any atom is -0.463 e. The van der Waals surface area contributed by atoms with E-state index in [4.69, 9.17) is 32.3 Å². The number of aliphatic hydroxyl groups excluding tert-OH is 2. The summed E-state index contributed by atoms with van der Waals surface area (Å²) in [5.74, 6) is -1.58. The Hall–Kier alpha value is -4.57. The molecule has 5 unspecified atom stereocenters. The van der Waals surface area contributed by atoms with Crippen molar-refractivity contribution in [3.05, 3.63) is 146 Å². The average Bonchev–Trinajstić information content (AvgIpc) is 0.901. The van der Waals surface area contributed by atoms with Crippen LogP contribution < -0.4 is 0 Å². The number of aliphatic hydroxyl groups is 2. The highest BCUT2D eigenvalue weighted by molar-refractivity contribution is 7.47. The minimum absolute atomic E-state index is 0.102. The summed E-state index contributed by atoms with van der Waals surface area (Å²) < 4.78 is 61.3. The van der Waals surface area contributed by atoms with E-state index in [1.165, 1.54) is 148 Å². The number of phosphoric ester groups is 2. The van der Waals surface area contributed by atoms with Crippen LogP contribution in [-0.4, -0.2) is 95.9 Å². The van der Waals surface area contributed by atoms with Gasteiger partial charge in [0.05, 0.1) is 26.4 Å². The molecular formula is C93H160O16P2. The molecule has 18 heteroatoms. The van der Waals surface area contributed by atoms with E-state index < -0.39 is 91.5 Å². The van der Waals surface area contributed by atoms with Gasteiger partial charge in [-0.15, -0.1) is 0 Å². The molecule has 111 heavy (non-hydrogen) atoms. The molecular weight excluding hydrogens is 1430 g/mol. The maximum atomic E-state index is 13.0. The fourth-order valence-electron chi connectivity index (χ4n) is 11.9. The van der Waals surface area contributed by atoms with Gasteiger partial charge in [-0.2, -0.15) is 0 Å². The second-order valence-electron chi connectivity index (χ2n) is 29.3. The third-order valence-electron chi connectivity index (χ3n) is 18.6. The van der Waals surface area contributed by atoms with E-state index in [0.717, 1.165) is 161 Å². The van der Waals surface area contributed by atoms with Gasteiger partial charge in [0, 0.05) is 19.3 Å². The zero-order valence-electron chi connectivity index (χ0n) is 70.1. The van der Waals surface area contributed by atoms with Crippen molar-refractivity contribution in [3.63, 3.8) is 0 Å². The highest BCUT2D eigenvalue weighted by Crippen LogP contribution is 2.45. The van der Waals surface area contributed by atoms with Crippen molar-refractivity contribution in [2.24, 2.45) is 0 Å². The van der Waals surface area contributed by atoms with Crippen LogP contribution in [0.1, 0.15) is 367 Å². The number of phosphoric acid groups is 2. The molecule has 5 atom stereocenters. The van der Waals surface area contributed by atoms with Gasteiger partial charge in [0.2, 0.25) is 0 Å². The van der Waals surface area contributed by atoms with Crippen molar-refractivity contribution >= 4 is 33.6 Å². The number of allylic oxidation sites excluding steroid dienone is 24. The molecule has 0 rings (SSSR count). The van der Waals surface area contributed by atoms with Gasteiger partial charge in [0.1, 0.15) is 25.4 Å². The Bertz CT molecular complexity index is 2600. The van der Waals surface area contributed by atoms with Gasteiger partial charge in [0.25, 0.3) is 0 Å². The van der Waals surface area contributed by atoms with Crippen LogP contribution >= 0.6 is 15.6 Å². The molecule has 0 aliphatic heterocycles. The van der Waals surface area contributed by atoms with Crippen molar-refractivity contribution in [3.8, 4) is 0 Å². The number of ether oxygens (including phenoxy) is 3. The third-order valence-corrected chi connectivity index (χ3v) is 20.5. The molecule has 0 heterocycles. The zero-order valence-corrected chi connectivity index (χ0v) is 71.9. The number of carbonyl (C=O) groups excluding carboxylic acids is 3. The molecule has 0 aliphatic carbocycles. The van der Waals surface area contributed by atoms with Crippen LogP contribution in [-0.2, 0) is 55.8 Å². The van der Waals surface area contributed by atoms with Gasteiger partial charge in [-0.05, 0) is 122 Å². The van der Waals surface area contributed by atoms with Crippen molar-refractivity contribution in [2.75, 3.05) is 39.6 Å². The van der Waals surface area contributed by atoms with Crippen LogP contribution in [0.15, 0.2) is 146 Å². The molecule has 0 aromatic carbocycles. The quantitative estimate of drug-likeness (QED) is 0.0146. The van der Waals surface area contributed by atoms with E-state index >= 15 is 0 Å². The topological polar surface area (TPSA) is 231 Å². The van der Waals surface area contributed by atoms with Crippen molar-refractivity contribution in [2.45, 2.75) is 386 Å². The molecule has 0 amide bonds. The molecule has 638 valence electrons. The highest BCUT2D eigenvalue weighted by Gasteiger charge is 2.29. The Morgan fingerprint density at radius 3 is 0.757 bits per heavy atom.